The van der Waals surface area contributed by atoms with Crippen LogP contribution >= 0.6 is 11.6 Å². The van der Waals surface area contributed by atoms with Crippen LogP contribution in [0.3, 0.4) is 0 Å². The number of H-pyrrole nitrogens is 1. The van der Waals surface area contributed by atoms with Crippen molar-refractivity contribution in [3.63, 3.8) is 0 Å². The zero-order valence-electron chi connectivity index (χ0n) is 15.0. The van der Waals surface area contributed by atoms with E-state index in [0.717, 1.165) is 16.5 Å². The third kappa shape index (κ3) is 4.04. The molecule has 4 rings (SSSR count). The average molecular weight is 419 g/mol. The van der Waals surface area contributed by atoms with E-state index in [2.05, 4.69) is 20.4 Å². The number of fused-ring (bicyclic) bond motifs is 1. The molecule has 0 spiro atoms. The van der Waals surface area contributed by atoms with E-state index in [1.807, 2.05) is 12.1 Å². The summed E-state index contributed by atoms with van der Waals surface area (Å²) in [5.41, 5.74) is 3.02. The van der Waals surface area contributed by atoms with Gasteiger partial charge in [0.2, 0.25) is 0 Å². The van der Waals surface area contributed by atoms with E-state index < -0.39 is 9.84 Å². The first-order chi connectivity index (χ1) is 13.4. The van der Waals surface area contributed by atoms with Crippen molar-refractivity contribution in [3.05, 3.63) is 58.7 Å². The number of aromatic amines is 1. The topological polar surface area (TPSA) is 95.2 Å². The Hall–Kier alpha value is -2.42. The van der Waals surface area contributed by atoms with Gasteiger partial charge in [0.1, 0.15) is 0 Å². The van der Waals surface area contributed by atoms with Gasteiger partial charge in [0.25, 0.3) is 5.91 Å². The fraction of sp³-hybridized carbons (Fsp3) is 0.263. The number of nitrogens with zero attached hydrogens (tertiary/aromatic N) is 2. The quantitative estimate of drug-likeness (QED) is 0.679. The van der Waals surface area contributed by atoms with Crippen molar-refractivity contribution in [1.29, 1.82) is 0 Å². The maximum atomic E-state index is 12.5. The zero-order chi connectivity index (χ0) is 19.7. The minimum atomic E-state index is -2.91. The van der Waals surface area contributed by atoms with E-state index in [9.17, 15) is 13.2 Å². The van der Waals surface area contributed by atoms with Crippen molar-refractivity contribution in [3.8, 4) is 0 Å². The number of hydrogen-bond donors (Lipinski definition) is 2. The molecule has 0 saturated carbocycles. The Kier molecular flexibility index (Phi) is 5.09. The number of carbonyl (C=O) groups is 1. The number of benzene rings is 2. The van der Waals surface area contributed by atoms with Gasteiger partial charge in [-0.15, -0.1) is 0 Å². The molecule has 1 aliphatic rings. The summed E-state index contributed by atoms with van der Waals surface area (Å²) in [6.07, 6.45) is 1.68. The zero-order valence-corrected chi connectivity index (χ0v) is 16.6. The Balaban J connectivity index is 1.54. The number of rotatable bonds is 4. The number of sulfone groups is 1. The van der Waals surface area contributed by atoms with Crippen LogP contribution in [-0.4, -0.2) is 54.0 Å². The van der Waals surface area contributed by atoms with E-state index >= 15 is 0 Å². The Morgan fingerprint density at radius 1 is 1.14 bits per heavy atom. The number of hydrogen-bond acceptors (Lipinski definition) is 5. The van der Waals surface area contributed by atoms with Crippen molar-refractivity contribution in [2.75, 3.05) is 29.9 Å². The van der Waals surface area contributed by atoms with Crippen molar-refractivity contribution >= 4 is 43.9 Å². The minimum Gasteiger partial charge on any atom is -0.321 e. The normalized spacial score (nSPS) is 16.9. The van der Waals surface area contributed by atoms with Gasteiger partial charge >= 0.3 is 0 Å². The molecule has 0 bridgehead atoms. The van der Waals surface area contributed by atoms with Gasteiger partial charge in [0.15, 0.2) is 9.84 Å². The van der Waals surface area contributed by atoms with Gasteiger partial charge in [-0.05, 0) is 35.9 Å². The predicted octanol–water partition coefficient (Wildman–Crippen LogP) is 2.70. The molecule has 1 aliphatic heterocycles. The lowest BCUT2D eigenvalue weighted by Gasteiger charge is -2.26. The van der Waals surface area contributed by atoms with Gasteiger partial charge < -0.3 is 5.32 Å². The van der Waals surface area contributed by atoms with Crippen LogP contribution in [0.4, 0.5) is 5.69 Å². The first-order valence-electron chi connectivity index (χ1n) is 8.86. The molecule has 0 atom stereocenters. The molecule has 1 aromatic heterocycles. The van der Waals surface area contributed by atoms with Crippen LogP contribution in [0.25, 0.3) is 10.9 Å². The molecule has 0 radical (unpaired) electrons. The molecule has 1 fully saturated rings. The van der Waals surface area contributed by atoms with Crippen LogP contribution in [0, 0.1) is 0 Å². The Bertz CT molecular complexity index is 1110. The third-order valence-corrected chi connectivity index (χ3v) is 6.75. The third-order valence-electron chi connectivity index (χ3n) is 4.89. The van der Waals surface area contributed by atoms with E-state index in [-0.39, 0.29) is 17.4 Å². The molecule has 9 heteroatoms. The van der Waals surface area contributed by atoms with E-state index in [0.29, 0.717) is 35.9 Å². The second kappa shape index (κ2) is 7.54. The highest BCUT2D eigenvalue weighted by atomic mass is 35.5. The van der Waals surface area contributed by atoms with Crippen LogP contribution in [0.1, 0.15) is 15.9 Å². The van der Waals surface area contributed by atoms with E-state index in [1.165, 1.54) is 0 Å². The smallest absolute Gasteiger partial charge is 0.255 e. The van der Waals surface area contributed by atoms with Gasteiger partial charge in [-0.3, -0.25) is 14.8 Å². The molecular weight excluding hydrogens is 400 g/mol. The molecular formula is C19H19ClN4O3S. The molecule has 146 valence electrons. The number of halogens is 1. The van der Waals surface area contributed by atoms with Crippen LogP contribution in [-0.2, 0) is 16.4 Å². The van der Waals surface area contributed by atoms with Crippen LogP contribution in [0.15, 0.2) is 42.6 Å². The van der Waals surface area contributed by atoms with Crippen molar-refractivity contribution < 1.29 is 13.2 Å². The lowest BCUT2D eigenvalue weighted by Crippen LogP contribution is -2.39. The van der Waals surface area contributed by atoms with Gasteiger partial charge in [-0.2, -0.15) is 5.10 Å². The molecule has 2 heterocycles. The number of aromatic nitrogens is 2. The highest BCUT2D eigenvalue weighted by Crippen LogP contribution is 2.27. The monoisotopic (exact) mass is 418 g/mol. The number of nitrogens with one attached hydrogen (secondary N) is 2. The van der Waals surface area contributed by atoms with E-state index in [1.54, 1.807) is 30.5 Å². The summed E-state index contributed by atoms with van der Waals surface area (Å²) in [5, 5.41) is 11.4. The van der Waals surface area contributed by atoms with E-state index in [4.69, 9.17) is 11.6 Å². The maximum Gasteiger partial charge on any atom is 0.255 e. The van der Waals surface area contributed by atoms with Gasteiger partial charge in [0.05, 0.1) is 28.9 Å². The first kappa shape index (κ1) is 18.9. The maximum absolute atomic E-state index is 12.5. The van der Waals surface area contributed by atoms with Gasteiger partial charge in [-0.1, -0.05) is 17.7 Å². The average Bonchev–Trinajstić information content (AvgIpc) is 3.16. The van der Waals surface area contributed by atoms with Gasteiger partial charge in [0, 0.05) is 35.6 Å². The molecule has 3 aromatic rings. The number of amides is 1. The van der Waals surface area contributed by atoms with Crippen LogP contribution in [0.5, 0.6) is 0 Å². The molecule has 1 saturated heterocycles. The summed E-state index contributed by atoms with van der Waals surface area (Å²) in [6.45, 7) is 1.67. The highest BCUT2D eigenvalue weighted by Gasteiger charge is 2.22. The fourth-order valence-electron chi connectivity index (χ4n) is 3.28. The summed E-state index contributed by atoms with van der Waals surface area (Å²) in [4.78, 5) is 14.6. The summed E-state index contributed by atoms with van der Waals surface area (Å²) >= 11 is 5.87. The molecule has 7 nitrogen and oxygen atoms in total. The Morgan fingerprint density at radius 2 is 1.86 bits per heavy atom. The SMILES string of the molecule is O=C(Nc1ccc(CN2CCS(=O)(=O)CC2)c2[nH]ncc12)c1ccc(Cl)cc1. The van der Waals surface area contributed by atoms with Crippen LogP contribution < -0.4 is 5.32 Å². The van der Waals surface area contributed by atoms with Crippen LogP contribution in [0.2, 0.25) is 5.02 Å². The van der Waals surface area contributed by atoms with Crippen molar-refractivity contribution in [1.82, 2.24) is 15.1 Å². The molecule has 2 aromatic carbocycles. The lowest BCUT2D eigenvalue weighted by atomic mass is 10.1. The number of anilines is 1. The Morgan fingerprint density at radius 3 is 2.57 bits per heavy atom. The Labute approximate surface area is 167 Å². The first-order valence-corrected chi connectivity index (χ1v) is 11.1. The second-order valence-corrected chi connectivity index (χ2v) is 9.56. The predicted molar refractivity (Wildman–Crippen MR) is 109 cm³/mol. The van der Waals surface area contributed by atoms with Gasteiger partial charge in [-0.25, -0.2) is 8.42 Å². The summed E-state index contributed by atoms with van der Waals surface area (Å²) in [6, 6.07) is 10.5. The molecule has 28 heavy (non-hydrogen) atoms. The van der Waals surface area contributed by atoms with Crippen molar-refractivity contribution in [2.45, 2.75) is 6.54 Å². The summed E-state index contributed by atoms with van der Waals surface area (Å²) in [5.74, 6) is 0.149. The molecule has 1 amide bonds. The fourth-order valence-corrected chi connectivity index (χ4v) is 4.68. The highest BCUT2D eigenvalue weighted by molar-refractivity contribution is 7.91. The number of carbonyl (C=O) groups excluding carboxylic acids is 1. The van der Waals surface area contributed by atoms with Crippen molar-refractivity contribution in [2.24, 2.45) is 0 Å². The standard InChI is InChI=1S/C19H19ClN4O3S/c20-15-4-1-13(2-5-15)19(25)22-17-6-3-14(18-16(17)11-21-23-18)12-24-7-9-28(26,27)10-8-24/h1-6,11H,7-10,12H2,(H,21,23)(H,22,25). The largest absolute Gasteiger partial charge is 0.321 e. The molecule has 2 N–H and O–H groups in total. The summed E-state index contributed by atoms with van der Waals surface area (Å²) < 4.78 is 23.2. The lowest BCUT2D eigenvalue weighted by molar-refractivity contribution is 0.102. The minimum absolute atomic E-state index is 0.189. The molecule has 0 aliphatic carbocycles. The molecule has 0 unspecified atom stereocenters. The summed E-state index contributed by atoms with van der Waals surface area (Å²) in [7, 11) is -2.91. The second-order valence-electron chi connectivity index (χ2n) is 6.82.